The Morgan fingerprint density at radius 3 is 2.21 bits per heavy atom. The van der Waals surface area contributed by atoms with E-state index in [1.807, 2.05) is 38.1 Å². The summed E-state index contributed by atoms with van der Waals surface area (Å²) in [5.41, 5.74) is 2.89. The lowest BCUT2D eigenvalue weighted by Crippen LogP contribution is -2.23. The van der Waals surface area contributed by atoms with Crippen LogP contribution in [0.2, 0.25) is 0 Å². The number of H-pyrrole nitrogens is 1. The van der Waals surface area contributed by atoms with E-state index in [0.717, 1.165) is 42.6 Å². The number of fused-ring (bicyclic) bond motifs is 6. The van der Waals surface area contributed by atoms with Crippen LogP contribution in [-0.2, 0) is 5.60 Å². The maximum Gasteiger partial charge on any atom is 0.141 e. The third-order valence-electron chi connectivity index (χ3n) is 6.77. The van der Waals surface area contributed by atoms with Gasteiger partial charge in [0.15, 0.2) is 0 Å². The molecule has 0 aliphatic carbocycles. The molecule has 0 aliphatic heterocycles. The van der Waals surface area contributed by atoms with Crippen molar-refractivity contribution >= 4 is 48.5 Å². The van der Waals surface area contributed by atoms with Crippen molar-refractivity contribution < 1.29 is 5.11 Å². The van der Waals surface area contributed by atoms with Gasteiger partial charge in [-0.15, -0.1) is 0 Å². The van der Waals surface area contributed by atoms with Gasteiger partial charge in [-0.3, -0.25) is 0 Å². The van der Waals surface area contributed by atoms with Gasteiger partial charge in [0.2, 0.25) is 0 Å². The van der Waals surface area contributed by atoms with E-state index < -0.39 is 5.60 Å². The van der Waals surface area contributed by atoms with E-state index in [9.17, 15) is 15.6 Å². The Hall–Kier alpha value is -3.71. The molecule has 0 aliphatic rings. The van der Waals surface area contributed by atoms with Crippen molar-refractivity contribution in [3.8, 4) is 23.5 Å². The molecule has 0 fully saturated rings. The smallest absolute Gasteiger partial charge is 0.141 e. The molecule has 1 aromatic heterocycles. The van der Waals surface area contributed by atoms with Crippen molar-refractivity contribution in [2.24, 2.45) is 0 Å². The van der Waals surface area contributed by atoms with Crippen LogP contribution in [0, 0.1) is 22.7 Å². The van der Waals surface area contributed by atoms with Gasteiger partial charge in [-0.1, -0.05) is 54.0 Å². The van der Waals surface area contributed by atoms with Crippen LogP contribution in [0.1, 0.15) is 43.4 Å². The van der Waals surface area contributed by atoms with Crippen LogP contribution in [0.25, 0.3) is 44.0 Å². The minimum Gasteiger partial charge on any atom is -0.385 e. The van der Waals surface area contributed by atoms with E-state index in [2.05, 4.69) is 45.2 Å². The molecule has 5 nitrogen and oxygen atoms in total. The first-order valence-corrected chi connectivity index (χ1v) is 11.9. The molecule has 4 aromatic carbocycles. The Morgan fingerprint density at radius 1 is 0.912 bits per heavy atom. The predicted molar refractivity (Wildman–Crippen MR) is 138 cm³/mol. The number of aliphatic hydroxyl groups is 1. The van der Waals surface area contributed by atoms with E-state index in [4.69, 9.17) is 4.98 Å². The molecular formula is C28H21BrN4O. The van der Waals surface area contributed by atoms with Crippen LogP contribution in [0.5, 0.6) is 0 Å². The first-order valence-electron chi connectivity index (χ1n) is 11.1. The maximum absolute atomic E-state index is 11.2. The van der Waals surface area contributed by atoms with Crippen molar-refractivity contribution in [2.45, 2.75) is 32.3 Å². The summed E-state index contributed by atoms with van der Waals surface area (Å²) < 4.78 is 0.949. The first kappa shape index (κ1) is 22.1. The number of hydrogen-bond donors (Lipinski definition) is 2. The van der Waals surface area contributed by atoms with Crippen molar-refractivity contribution in [3.63, 3.8) is 0 Å². The second-order valence-electron chi connectivity index (χ2n) is 8.45. The average Bonchev–Trinajstić information content (AvgIpc) is 3.32. The number of aromatic nitrogens is 2. The molecule has 1 heterocycles. The lowest BCUT2D eigenvalue weighted by Gasteiger charge is -2.26. The summed E-state index contributed by atoms with van der Waals surface area (Å²) in [6.07, 6.45) is 1.24. The van der Waals surface area contributed by atoms with E-state index in [-0.39, 0.29) is 0 Å². The fourth-order valence-corrected chi connectivity index (χ4v) is 5.11. The number of aromatic amines is 1. The molecule has 0 radical (unpaired) electrons. The molecular weight excluding hydrogens is 488 g/mol. The summed E-state index contributed by atoms with van der Waals surface area (Å²) in [5.74, 6) is 0.489. The molecule has 34 heavy (non-hydrogen) atoms. The predicted octanol–water partition coefficient (Wildman–Crippen LogP) is 7.05. The third-order valence-corrected chi connectivity index (χ3v) is 7.26. The van der Waals surface area contributed by atoms with E-state index in [0.29, 0.717) is 35.4 Å². The minimum atomic E-state index is -0.895. The summed E-state index contributed by atoms with van der Waals surface area (Å²) in [5, 5.41) is 34.5. The van der Waals surface area contributed by atoms with Gasteiger partial charge >= 0.3 is 0 Å². The number of nitriles is 2. The van der Waals surface area contributed by atoms with Crippen molar-refractivity contribution in [1.82, 2.24) is 9.97 Å². The van der Waals surface area contributed by atoms with Gasteiger partial charge in [0.25, 0.3) is 0 Å². The zero-order chi connectivity index (χ0) is 24.0. The van der Waals surface area contributed by atoms with Crippen LogP contribution < -0.4 is 0 Å². The molecule has 0 spiro atoms. The zero-order valence-electron chi connectivity index (χ0n) is 18.8. The lowest BCUT2D eigenvalue weighted by molar-refractivity contribution is 0.0285. The zero-order valence-corrected chi connectivity index (χ0v) is 20.4. The number of imidazole rings is 1. The van der Waals surface area contributed by atoms with Gasteiger partial charge in [0.05, 0.1) is 45.5 Å². The highest BCUT2D eigenvalue weighted by Crippen LogP contribution is 2.40. The Morgan fingerprint density at radius 2 is 1.56 bits per heavy atom. The third kappa shape index (κ3) is 3.27. The molecule has 0 unspecified atom stereocenters. The number of hydrogen-bond acceptors (Lipinski definition) is 4. The van der Waals surface area contributed by atoms with E-state index >= 15 is 0 Å². The Bertz CT molecular complexity index is 1650. The van der Waals surface area contributed by atoms with Crippen LogP contribution in [-0.4, -0.2) is 15.1 Å². The molecule has 0 atom stereocenters. The lowest BCUT2D eigenvalue weighted by atomic mass is 9.86. The number of nitrogens with one attached hydrogen (secondary N) is 1. The van der Waals surface area contributed by atoms with Crippen LogP contribution in [0.4, 0.5) is 0 Å². The number of halogens is 1. The first-order chi connectivity index (χ1) is 16.4. The van der Waals surface area contributed by atoms with Gasteiger partial charge < -0.3 is 10.1 Å². The van der Waals surface area contributed by atoms with Gasteiger partial charge in [0, 0.05) is 15.2 Å². The molecule has 0 amide bonds. The van der Waals surface area contributed by atoms with Gasteiger partial charge in [-0.25, -0.2) is 4.98 Å². The number of nitrogens with zero attached hydrogens (tertiary/aromatic N) is 3. The maximum atomic E-state index is 11.2. The van der Waals surface area contributed by atoms with Crippen LogP contribution >= 0.6 is 15.9 Å². The van der Waals surface area contributed by atoms with E-state index in [1.165, 1.54) is 0 Å². The summed E-state index contributed by atoms with van der Waals surface area (Å²) in [7, 11) is 0. The van der Waals surface area contributed by atoms with Crippen molar-refractivity contribution in [3.05, 3.63) is 75.8 Å². The van der Waals surface area contributed by atoms with Gasteiger partial charge in [-0.05, 0) is 59.5 Å². The number of benzene rings is 4. The number of rotatable bonds is 4. The Balaban J connectivity index is 1.92. The quantitative estimate of drug-likeness (QED) is 0.254. The highest BCUT2D eigenvalue weighted by molar-refractivity contribution is 9.10. The minimum absolute atomic E-state index is 0.396. The summed E-state index contributed by atoms with van der Waals surface area (Å²) in [6.45, 7) is 3.98. The van der Waals surface area contributed by atoms with E-state index in [1.54, 1.807) is 18.2 Å². The normalized spacial score (nSPS) is 11.7. The Labute approximate surface area is 205 Å². The van der Waals surface area contributed by atoms with Gasteiger partial charge in [0.1, 0.15) is 5.82 Å². The fourth-order valence-electron chi connectivity index (χ4n) is 4.75. The molecule has 2 N–H and O–H groups in total. The Kier molecular flexibility index (Phi) is 5.37. The largest absolute Gasteiger partial charge is 0.385 e. The molecule has 0 saturated carbocycles. The average molecular weight is 509 g/mol. The fraction of sp³-hybridized carbons (Fsp3) is 0.179. The molecule has 5 rings (SSSR count). The van der Waals surface area contributed by atoms with Crippen LogP contribution in [0.3, 0.4) is 0 Å². The highest BCUT2D eigenvalue weighted by atomic mass is 79.9. The molecule has 166 valence electrons. The van der Waals surface area contributed by atoms with Crippen molar-refractivity contribution in [2.75, 3.05) is 0 Å². The summed E-state index contributed by atoms with van der Waals surface area (Å²) in [4.78, 5) is 8.30. The SMILES string of the molecule is CCC(O)(CC)c1ccc2c(c1)c1cc(Br)ccc1c1nc(-c3c(C#N)cccc3C#N)[nH]c21. The highest BCUT2D eigenvalue weighted by Gasteiger charge is 2.26. The molecule has 0 bridgehead atoms. The van der Waals surface area contributed by atoms with Crippen molar-refractivity contribution in [1.29, 1.82) is 10.5 Å². The molecule has 0 saturated heterocycles. The standard InChI is InChI=1S/C28H21BrN4O/c1-3-28(34,4-2)18-8-10-20-22(12-18)23-13-19(29)9-11-21(23)26-25(20)32-27(33-26)24-16(14-30)6-5-7-17(24)15-31/h5-13,34H,3-4H2,1-2H3,(H,32,33). The van der Waals surface area contributed by atoms with Crippen LogP contribution in [0.15, 0.2) is 59.1 Å². The topological polar surface area (TPSA) is 96.5 Å². The monoisotopic (exact) mass is 508 g/mol. The van der Waals surface area contributed by atoms with Gasteiger partial charge in [-0.2, -0.15) is 10.5 Å². The summed E-state index contributed by atoms with van der Waals surface area (Å²) in [6, 6.07) is 21.6. The molecule has 5 aromatic rings. The summed E-state index contributed by atoms with van der Waals surface area (Å²) >= 11 is 3.60. The second-order valence-corrected chi connectivity index (χ2v) is 9.37. The second kappa shape index (κ2) is 8.25. The molecule has 6 heteroatoms.